The van der Waals surface area contributed by atoms with Gasteiger partial charge in [0.25, 0.3) is 0 Å². The lowest BCUT2D eigenvalue weighted by molar-refractivity contribution is 0.208. The maximum Gasteiger partial charge on any atom is 0.186 e. The summed E-state index contributed by atoms with van der Waals surface area (Å²) in [6, 6.07) is 5.95. The molecule has 2 aliphatic heterocycles. The number of benzene rings is 1. The van der Waals surface area contributed by atoms with Crippen molar-refractivity contribution in [1.29, 1.82) is 0 Å². The summed E-state index contributed by atoms with van der Waals surface area (Å²) in [6.07, 6.45) is 8.36. The summed E-state index contributed by atoms with van der Waals surface area (Å²) in [5.41, 5.74) is 3.21. The number of nitrogens with one attached hydrogen (secondary N) is 1. The predicted octanol–water partition coefficient (Wildman–Crippen LogP) is 4.88. The molecule has 2 atom stereocenters. The molecule has 0 aliphatic carbocycles. The standard InChI is InChI=1S/C24H27FN6S/c1-23-5-6-24(2,29-23)11-16(10-23)31(4)22-27-19-12-26-18(9-20(19)32-22)14-7-15-13-30(3)28-21(15)17(25)8-14/h7-9,12-13,16,29H,5-6,10-11H2,1-4H3. The summed E-state index contributed by atoms with van der Waals surface area (Å²) in [7, 11) is 3.97. The number of pyridine rings is 1. The molecule has 0 amide bonds. The molecule has 3 aromatic heterocycles. The van der Waals surface area contributed by atoms with Gasteiger partial charge in [0, 0.05) is 48.4 Å². The topological polar surface area (TPSA) is 58.9 Å². The molecule has 8 heteroatoms. The van der Waals surface area contributed by atoms with Gasteiger partial charge in [-0.2, -0.15) is 5.10 Å². The van der Waals surface area contributed by atoms with Gasteiger partial charge >= 0.3 is 0 Å². The molecule has 2 unspecified atom stereocenters. The molecule has 2 saturated heterocycles. The van der Waals surface area contributed by atoms with Crippen molar-refractivity contribution in [3.8, 4) is 11.3 Å². The van der Waals surface area contributed by atoms with E-state index in [1.807, 2.05) is 18.3 Å². The lowest BCUT2D eigenvalue weighted by atomic mass is 9.84. The Morgan fingerprint density at radius 3 is 2.69 bits per heavy atom. The number of piperidine rings is 1. The van der Waals surface area contributed by atoms with Crippen molar-refractivity contribution in [1.82, 2.24) is 25.1 Å². The van der Waals surface area contributed by atoms with E-state index < -0.39 is 0 Å². The molecular weight excluding hydrogens is 423 g/mol. The Labute approximate surface area is 190 Å². The molecule has 32 heavy (non-hydrogen) atoms. The molecule has 1 aromatic carbocycles. The quantitative estimate of drug-likeness (QED) is 0.482. The number of aryl methyl sites for hydroxylation is 1. The normalized spacial score (nSPS) is 27.5. The number of aromatic nitrogens is 4. The van der Waals surface area contributed by atoms with Gasteiger partial charge in [-0.3, -0.25) is 9.67 Å². The Kier molecular flexibility index (Phi) is 4.21. The van der Waals surface area contributed by atoms with E-state index in [-0.39, 0.29) is 16.9 Å². The van der Waals surface area contributed by atoms with E-state index in [1.165, 1.54) is 18.9 Å². The van der Waals surface area contributed by atoms with Crippen LogP contribution in [0.4, 0.5) is 9.52 Å². The molecule has 2 aliphatic rings. The molecule has 166 valence electrons. The van der Waals surface area contributed by atoms with Gasteiger partial charge < -0.3 is 10.2 Å². The largest absolute Gasteiger partial charge is 0.348 e. The minimum atomic E-state index is -0.327. The van der Waals surface area contributed by atoms with Crippen molar-refractivity contribution >= 4 is 37.6 Å². The summed E-state index contributed by atoms with van der Waals surface area (Å²) in [5.74, 6) is -0.327. The lowest BCUT2D eigenvalue weighted by Crippen LogP contribution is -2.58. The third-order valence-corrected chi connectivity index (χ3v) is 8.40. The van der Waals surface area contributed by atoms with Crippen molar-refractivity contribution in [2.24, 2.45) is 7.05 Å². The average Bonchev–Trinajstić information content (AvgIpc) is 3.39. The fourth-order valence-electron chi connectivity index (χ4n) is 5.74. The minimum Gasteiger partial charge on any atom is -0.348 e. The summed E-state index contributed by atoms with van der Waals surface area (Å²) in [6.45, 7) is 4.70. The van der Waals surface area contributed by atoms with Gasteiger partial charge in [0.05, 0.1) is 16.6 Å². The van der Waals surface area contributed by atoms with Crippen molar-refractivity contribution < 1.29 is 4.39 Å². The van der Waals surface area contributed by atoms with Crippen molar-refractivity contribution in [2.45, 2.75) is 56.7 Å². The van der Waals surface area contributed by atoms with Crippen LogP contribution >= 0.6 is 11.3 Å². The minimum absolute atomic E-state index is 0.215. The van der Waals surface area contributed by atoms with Crippen LogP contribution in [0.25, 0.3) is 32.4 Å². The molecule has 6 nitrogen and oxygen atoms in total. The lowest BCUT2D eigenvalue weighted by Gasteiger charge is -2.45. The monoisotopic (exact) mass is 450 g/mol. The molecule has 2 bridgehead atoms. The van der Waals surface area contributed by atoms with Crippen LogP contribution in [0.1, 0.15) is 39.5 Å². The fourth-order valence-corrected chi connectivity index (χ4v) is 6.75. The highest BCUT2D eigenvalue weighted by Gasteiger charge is 2.49. The Morgan fingerprint density at radius 2 is 1.94 bits per heavy atom. The molecule has 2 fully saturated rings. The summed E-state index contributed by atoms with van der Waals surface area (Å²) in [4.78, 5) is 11.8. The molecule has 0 radical (unpaired) electrons. The first kappa shape index (κ1) is 20.1. The van der Waals surface area contributed by atoms with Crippen molar-refractivity contribution in [3.63, 3.8) is 0 Å². The second kappa shape index (κ2) is 6.71. The Bertz CT molecular complexity index is 1340. The smallest absolute Gasteiger partial charge is 0.186 e. The number of halogens is 1. The second-order valence-electron chi connectivity index (χ2n) is 10.2. The Balaban J connectivity index is 1.33. The molecule has 6 rings (SSSR count). The summed E-state index contributed by atoms with van der Waals surface area (Å²) < 4.78 is 17.3. The van der Waals surface area contributed by atoms with E-state index in [2.05, 4.69) is 41.2 Å². The van der Waals surface area contributed by atoms with Crippen molar-refractivity contribution in [2.75, 3.05) is 11.9 Å². The maximum absolute atomic E-state index is 14.6. The van der Waals surface area contributed by atoms with Gasteiger partial charge in [-0.1, -0.05) is 11.3 Å². The number of hydrogen-bond acceptors (Lipinski definition) is 6. The molecule has 1 N–H and O–H groups in total. The van der Waals surface area contributed by atoms with Gasteiger partial charge in [-0.05, 0) is 57.7 Å². The van der Waals surface area contributed by atoms with Crippen LogP contribution < -0.4 is 10.2 Å². The van der Waals surface area contributed by atoms with Crippen molar-refractivity contribution in [3.05, 3.63) is 36.4 Å². The van der Waals surface area contributed by atoms with Crippen LogP contribution in [0.5, 0.6) is 0 Å². The Morgan fingerprint density at radius 1 is 1.19 bits per heavy atom. The maximum atomic E-state index is 14.6. The van der Waals surface area contributed by atoms with Crippen LogP contribution in [0.3, 0.4) is 0 Å². The first-order chi connectivity index (χ1) is 15.2. The average molecular weight is 451 g/mol. The predicted molar refractivity (Wildman–Crippen MR) is 128 cm³/mol. The van der Waals surface area contributed by atoms with E-state index in [1.54, 1.807) is 29.3 Å². The molecule has 0 saturated carbocycles. The highest BCUT2D eigenvalue weighted by Crippen LogP contribution is 2.44. The molecule has 0 spiro atoms. The van der Waals surface area contributed by atoms with Crippen LogP contribution in [-0.2, 0) is 7.05 Å². The zero-order chi connectivity index (χ0) is 22.3. The third-order valence-electron chi connectivity index (χ3n) is 7.29. The SMILES string of the molecule is CN(c1nc2cnc(-c3cc(F)c4nn(C)cc4c3)cc2s1)C1CC2(C)CCC(C)(C1)N2. The number of thiazole rings is 1. The number of hydrogen-bond donors (Lipinski definition) is 1. The van der Waals surface area contributed by atoms with E-state index in [0.29, 0.717) is 11.6 Å². The van der Waals surface area contributed by atoms with Gasteiger partial charge in [0.1, 0.15) is 11.0 Å². The van der Waals surface area contributed by atoms with Gasteiger partial charge in [-0.25, -0.2) is 9.37 Å². The van der Waals surface area contributed by atoms with Crippen LogP contribution in [0.15, 0.2) is 30.6 Å². The summed E-state index contributed by atoms with van der Waals surface area (Å²) in [5, 5.41) is 9.85. The molecule has 5 heterocycles. The van der Waals surface area contributed by atoms with Gasteiger partial charge in [0.2, 0.25) is 0 Å². The second-order valence-corrected chi connectivity index (χ2v) is 11.2. The number of fused-ring (bicyclic) bond motifs is 4. The van der Waals surface area contributed by atoms with Crippen LogP contribution in [-0.4, -0.2) is 43.9 Å². The van der Waals surface area contributed by atoms with Crippen LogP contribution in [0, 0.1) is 5.82 Å². The third kappa shape index (κ3) is 3.19. The zero-order valence-corrected chi connectivity index (χ0v) is 19.6. The van der Waals surface area contributed by atoms with Gasteiger partial charge in [0.15, 0.2) is 10.9 Å². The van der Waals surface area contributed by atoms with Gasteiger partial charge in [-0.15, -0.1) is 0 Å². The number of rotatable bonds is 3. The zero-order valence-electron chi connectivity index (χ0n) is 18.8. The number of anilines is 1. The first-order valence-corrected chi connectivity index (χ1v) is 11.9. The fraction of sp³-hybridized carbons (Fsp3) is 0.458. The molecule has 4 aromatic rings. The Hall–Kier alpha value is -2.58. The van der Waals surface area contributed by atoms with E-state index in [0.717, 1.165) is 44.8 Å². The first-order valence-electron chi connectivity index (χ1n) is 11.1. The van der Waals surface area contributed by atoms with Crippen LogP contribution in [0.2, 0.25) is 0 Å². The number of nitrogens with zero attached hydrogens (tertiary/aromatic N) is 5. The van der Waals surface area contributed by atoms with E-state index in [4.69, 9.17) is 4.98 Å². The summed E-state index contributed by atoms with van der Waals surface area (Å²) >= 11 is 1.68. The van der Waals surface area contributed by atoms with E-state index >= 15 is 0 Å². The van der Waals surface area contributed by atoms with E-state index in [9.17, 15) is 4.39 Å². The highest BCUT2D eigenvalue weighted by atomic mass is 32.1. The molecular formula is C24H27FN6S. The highest BCUT2D eigenvalue weighted by molar-refractivity contribution is 7.22.